The van der Waals surface area contributed by atoms with Gasteiger partial charge in [0.15, 0.2) is 0 Å². The lowest BCUT2D eigenvalue weighted by Crippen LogP contribution is -2.33. The summed E-state index contributed by atoms with van der Waals surface area (Å²) in [6.45, 7) is 7.64. The van der Waals surface area contributed by atoms with Crippen molar-refractivity contribution in [1.29, 1.82) is 0 Å². The summed E-state index contributed by atoms with van der Waals surface area (Å²) in [6.07, 6.45) is -0.111. The lowest BCUT2D eigenvalue weighted by molar-refractivity contribution is -0.384. The summed E-state index contributed by atoms with van der Waals surface area (Å²) in [7, 11) is 0. The topological polar surface area (TPSA) is 98.5 Å². The van der Waals surface area contributed by atoms with Crippen molar-refractivity contribution in [2.45, 2.75) is 46.1 Å². The smallest absolute Gasteiger partial charge is 0.308 e. The van der Waals surface area contributed by atoms with Gasteiger partial charge in [0, 0.05) is 12.1 Å². The Hall–Kier alpha value is -3.22. The quantitative estimate of drug-likeness (QED) is 0.410. The number of esters is 1. The molecule has 0 aliphatic rings. The minimum atomic E-state index is -0.727. The molecule has 1 amide bonds. The average Bonchev–Trinajstić information content (AvgIpc) is 2.67. The molecule has 2 aromatic carbocycles. The number of rotatable bonds is 8. The van der Waals surface area contributed by atoms with Gasteiger partial charge in [0.2, 0.25) is 5.91 Å². The van der Waals surface area contributed by atoms with Crippen molar-refractivity contribution in [3.8, 4) is 0 Å². The predicted octanol–water partition coefficient (Wildman–Crippen LogP) is 4.13. The summed E-state index contributed by atoms with van der Waals surface area (Å²) in [5.74, 6) is -1.19. The molecule has 7 heteroatoms. The van der Waals surface area contributed by atoms with Crippen LogP contribution in [0.5, 0.6) is 0 Å². The van der Waals surface area contributed by atoms with E-state index in [-0.39, 0.29) is 24.6 Å². The minimum absolute atomic E-state index is 0.104. The third kappa shape index (κ3) is 5.88. The van der Waals surface area contributed by atoms with E-state index in [9.17, 15) is 19.7 Å². The summed E-state index contributed by atoms with van der Waals surface area (Å²) in [6, 6.07) is 11.1. The number of nitro benzene ring substituents is 1. The van der Waals surface area contributed by atoms with E-state index in [0.29, 0.717) is 5.56 Å². The number of carbonyl (C=O) groups is 2. The number of hydrogen-bond donors (Lipinski definition) is 1. The number of nitro groups is 1. The van der Waals surface area contributed by atoms with E-state index in [4.69, 9.17) is 4.74 Å². The molecule has 2 atom stereocenters. The first-order valence-corrected chi connectivity index (χ1v) is 9.50. The number of non-ortho nitro benzene ring substituents is 1. The number of benzene rings is 2. The third-order valence-electron chi connectivity index (χ3n) is 4.76. The molecule has 29 heavy (non-hydrogen) atoms. The van der Waals surface area contributed by atoms with Crippen molar-refractivity contribution < 1.29 is 19.2 Å². The van der Waals surface area contributed by atoms with Gasteiger partial charge in [0.1, 0.15) is 0 Å². The zero-order valence-electron chi connectivity index (χ0n) is 17.1. The van der Waals surface area contributed by atoms with Crippen LogP contribution >= 0.6 is 0 Å². The largest absolute Gasteiger partial charge is 0.466 e. The van der Waals surface area contributed by atoms with Gasteiger partial charge in [0.25, 0.3) is 5.69 Å². The molecule has 0 aromatic heterocycles. The molecule has 2 unspecified atom stereocenters. The van der Waals surface area contributed by atoms with Crippen molar-refractivity contribution in [2.75, 3.05) is 6.61 Å². The monoisotopic (exact) mass is 398 g/mol. The molecule has 0 fully saturated rings. The molecular formula is C22H26N2O5. The SMILES string of the molecule is CCOC(=O)CC(NC(=O)C(C)c1ccc(C)cc1C)c1cccc([N+](=O)[O-])c1. The Labute approximate surface area is 170 Å². The molecule has 1 N–H and O–H groups in total. The zero-order chi connectivity index (χ0) is 21.6. The predicted molar refractivity (Wildman–Crippen MR) is 110 cm³/mol. The van der Waals surface area contributed by atoms with Crippen molar-refractivity contribution in [3.05, 3.63) is 74.8 Å². The first-order chi connectivity index (χ1) is 13.7. The van der Waals surface area contributed by atoms with E-state index in [1.54, 1.807) is 19.9 Å². The molecule has 0 aliphatic heterocycles. The number of ether oxygens (including phenoxy) is 1. The second-order valence-electron chi connectivity index (χ2n) is 7.00. The fraction of sp³-hybridized carbons (Fsp3) is 0.364. The van der Waals surface area contributed by atoms with Crippen LogP contribution in [0.3, 0.4) is 0 Å². The van der Waals surface area contributed by atoms with E-state index in [2.05, 4.69) is 5.32 Å². The van der Waals surface area contributed by atoms with Gasteiger partial charge in [-0.15, -0.1) is 0 Å². The van der Waals surface area contributed by atoms with Gasteiger partial charge in [-0.2, -0.15) is 0 Å². The number of aryl methyl sites for hydroxylation is 2. The maximum atomic E-state index is 12.9. The van der Waals surface area contributed by atoms with Crippen LogP contribution < -0.4 is 5.32 Å². The van der Waals surface area contributed by atoms with Gasteiger partial charge in [-0.05, 0) is 44.4 Å². The molecule has 0 heterocycles. The highest BCUT2D eigenvalue weighted by Crippen LogP contribution is 2.25. The molecule has 154 valence electrons. The van der Waals surface area contributed by atoms with Gasteiger partial charge in [-0.25, -0.2) is 0 Å². The van der Waals surface area contributed by atoms with Crippen LogP contribution in [0, 0.1) is 24.0 Å². The second-order valence-corrected chi connectivity index (χ2v) is 7.00. The highest BCUT2D eigenvalue weighted by atomic mass is 16.6. The van der Waals surface area contributed by atoms with Gasteiger partial charge in [-0.1, -0.05) is 35.9 Å². The van der Waals surface area contributed by atoms with E-state index in [0.717, 1.165) is 16.7 Å². The minimum Gasteiger partial charge on any atom is -0.466 e. The molecule has 7 nitrogen and oxygen atoms in total. The normalized spacial score (nSPS) is 12.7. The molecule has 0 aliphatic carbocycles. The Morgan fingerprint density at radius 2 is 1.90 bits per heavy atom. The summed E-state index contributed by atoms with van der Waals surface area (Å²) in [4.78, 5) is 35.6. The highest BCUT2D eigenvalue weighted by molar-refractivity contribution is 5.84. The van der Waals surface area contributed by atoms with E-state index >= 15 is 0 Å². The van der Waals surface area contributed by atoms with Crippen LogP contribution in [-0.4, -0.2) is 23.4 Å². The number of nitrogens with zero attached hydrogens (tertiary/aromatic N) is 1. The van der Waals surface area contributed by atoms with Crippen LogP contribution in [-0.2, 0) is 14.3 Å². The molecular weight excluding hydrogens is 372 g/mol. The number of nitrogens with one attached hydrogen (secondary N) is 1. The second kappa shape index (κ2) is 9.82. The highest BCUT2D eigenvalue weighted by Gasteiger charge is 2.25. The van der Waals surface area contributed by atoms with Crippen molar-refractivity contribution in [1.82, 2.24) is 5.32 Å². The fourth-order valence-electron chi connectivity index (χ4n) is 3.24. The maximum Gasteiger partial charge on any atom is 0.308 e. The number of hydrogen-bond acceptors (Lipinski definition) is 5. The van der Waals surface area contributed by atoms with E-state index < -0.39 is 22.9 Å². The lowest BCUT2D eigenvalue weighted by Gasteiger charge is -2.22. The van der Waals surface area contributed by atoms with Crippen LogP contribution in [0.2, 0.25) is 0 Å². The first kappa shape index (κ1) is 22.1. The van der Waals surface area contributed by atoms with Crippen LogP contribution in [0.25, 0.3) is 0 Å². The molecule has 0 spiro atoms. The molecule has 0 saturated heterocycles. The third-order valence-corrected chi connectivity index (χ3v) is 4.76. The molecule has 0 saturated carbocycles. The lowest BCUT2D eigenvalue weighted by atomic mass is 9.93. The maximum absolute atomic E-state index is 12.9. The Kier molecular flexibility index (Phi) is 7.47. The Morgan fingerprint density at radius 1 is 1.17 bits per heavy atom. The Balaban J connectivity index is 2.28. The summed E-state index contributed by atoms with van der Waals surface area (Å²) in [5, 5.41) is 14.0. The number of carbonyl (C=O) groups excluding carboxylic acids is 2. The van der Waals surface area contributed by atoms with Crippen molar-refractivity contribution >= 4 is 17.6 Å². The van der Waals surface area contributed by atoms with Crippen molar-refractivity contribution in [3.63, 3.8) is 0 Å². The average molecular weight is 398 g/mol. The standard InChI is InChI=1S/C22H26N2O5/c1-5-29-21(25)13-20(17-7-6-8-18(12-17)24(27)28)23-22(26)16(4)19-10-9-14(2)11-15(19)3/h6-12,16,20H,5,13H2,1-4H3,(H,23,26). The van der Waals surface area contributed by atoms with Crippen molar-refractivity contribution in [2.24, 2.45) is 0 Å². The van der Waals surface area contributed by atoms with E-state index in [1.807, 2.05) is 32.0 Å². The summed E-state index contributed by atoms with van der Waals surface area (Å²) in [5.41, 5.74) is 3.38. The molecule has 0 bridgehead atoms. The number of amides is 1. The Bertz CT molecular complexity index is 910. The Morgan fingerprint density at radius 3 is 2.52 bits per heavy atom. The van der Waals surface area contributed by atoms with Crippen LogP contribution in [0.15, 0.2) is 42.5 Å². The summed E-state index contributed by atoms with van der Waals surface area (Å²) >= 11 is 0. The summed E-state index contributed by atoms with van der Waals surface area (Å²) < 4.78 is 5.01. The van der Waals surface area contributed by atoms with Crippen LogP contribution in [0.4, 0.5) is 5.69 Å². The van der Waals surface area contributed by atoms with Gasteiger partial charge >= 0.3 is 5.97 Å². The van der Waals surface area contributed by atoms with Gasteiger partial charge in [-0.3, -0.25) is 19.7 Å². The van der Waals surface area contributed by atoms with Gasteiger partial charge in [0.05, 0.1) is 29.9 Å². The zero-order valence-corrected chi connectivity index (χ0v) is 17.1. The molecule has 2 rings (SSSR count). The fourth-order valence-corrected chi connectivity index (χ4v) is 3.24. The van der Waals surface area contributed by atoms with E-state index in [1.165, 1.54) is 18.2 Å². The first-order valence-electron chi connectivity index (χ1n) is 9.50. The molecule has 2 aromatic rings. The van der Waals surface area contributed by atoms with Gasteiger partial charge < -0.3 is 10.1 Å². The molecule has 0 radical (unpaired) electrons. The van der Waals surface area contributed by atoms with Crippen LogP contribution in [0.1, 0.15) is 54.5 Å².